The van der Waals surface area contributed by atoms with Gasteiger partial charge in [0.15, 0.2) is 0 Å². The second-order valence-electron chi connectivity index (χ2n) is 4.42. The highest BCUT2D eigenvalue weighted by Crippen LogP contribution is 2.06. The Balaban J connectivity index is 2.28. The van der Waals surface area contributed by atoms with Gasteiger partial charge in [0.05, 0.1) is 11.4 Å². The van der Waals surface area contributed by atoms with Crippen LogP contribution in [0.2, 0.25) is 0 Å². The lowest BCUT2D eigenvalue weighted by Crippen LogP contribution is -2.20. The molecule has 0 fully saturated rings. The Kier molecular flexibility index (Phi) is 5.49. The van der Waals surface area contributed by atoms with Gasteiger partial charge in [-0.3, -0.25) is 4.68 Å². The van der Waals surface area contributed by atoms with E-state index in [4.69, 9.17) is 5.11 Å². The normalized spacial score (nSPS) is 11.3. The Labute approximate surface area is 97.9 Å². The molecule has 0 unspecified atom stereocenters. The Morgan fingerprint density at radius 2 is 2.12 bits per heavy atom. The molecule has 0 aliphatic heterocycles. The Bertz CT molecular complexity index is 309. The minimum atomic E-state index is 0.310. The first-order valence-electron chi connectivity index (χ1n) is 5.92. The van der Waals surface area contributed by atoms with Crippen molar-refractivity contribution in [2.45, 2.75) is 32.7 Å². The standard InChI is InChI=1S/C12H23N3O/c1-11-9-12(15(3)13-11)10-14(2)7-5-4-6-8-16/h9,16H,4-8,10H2,1-3H3. The maximum absolute atomic E-state index is 8.68. The van der Waals surface area contributed by atoms with Crippen LogP contribution in [-0.4, -0.2) is 40.0 Å². The van der Waals surface area contributed by atoms with E-state index < -0.39 is 0 Å². The molecule has 0 spiro atoms. The lowest BCUT2D eigenvalue weighted by molar-refractivity contribution is 0.269. The summed E-state index contributed by atoms with van der Waals surface area (Å²) in [5, 5.41) is 13.0. The first-order chi connectivity index (χ1) is 7.63. The first kappa shape index (κ1) is 13.2. The SMILES string of the molecule is Cc1cc(CN(C)CCCCCO)n(C)n1. The van der Waals surface area contributed by atoms with Crippen molar-refractivity contribution in [2.75, 3.05) is 20.2 Å². The second-order valence-corrected chi connectivity index (χ2v) is 4.42. The van der Waals surface area contributed by atoms with Gasteiger partial charge in [-0.2, -0.15) is 5.10 Å². The fourth-order valence-electron chi connectivity index (χ4n) is 1.84. The monoisotopic (exact) mass is 225 g/mol. The van der Waals surface area contributed by atoms with Gasteiger partial charge in [-0.05, 0) is 45.8 Å². The molecule has 92 valence electrons. The molecule has 1 rings (SSSR count). The Morgan fingerprint density at radius 3 is 2.69 bits per heavy atom. The third-order valence-corrected chi connectivity index (χ3v) is 2.73. The van der Waals surface area contributed by atoms with Crippen molar-refractivity contribution in [3.63, 3.8) is 0 Å². The highest BCUT2D eigenvalue weighted by molar-refractivity contribution is 5.08. The number of nitrogens with zero attached hydrogens (tertiary/aromatic N) is 3. The molecule has 1 N–H and O–H groups in total. The molecule has 1 aromatic rings. The molecule has 0 aliphatic carbocycles. The molecule has 0 radical (unpaired) electrons. The number of aliphatic hydroxyl groups excluding tert-OH is 1. The third kappa shape index (κ3) is 4.33. The molecule has 1 aromatic heterocycles. The molecule has 4 heteroatoms. The van der Waals surface area contributed by atoms with E-state index in [1.807, 2.05) is 18.7 Å². The Morgan fingerprint density at radius 1 is 1.38 bits per heavy atom. The van der Waals surface area contributed by atoms with Gasteiger partial charge < -0.3 is 10.0 Å². The lowest BCUT2D eigenvalue weighted by Gasteiger charge is -2.16. The average molecular weight is 225 g/mol. The topological polar surface area (TPSA) is 41.3 Å². The van der Waals surface area contributed by atoms with Crippen LogP contribution in [0.4, 0.5) is 0 Å². The molecule has 16 heavy (non-hydrogen) atoms. The maximum Gasteiger partial charge on any atom is 0.0597 e. The first-order valence-corrected chi connectivity index (χ1v) is 5.92. The fourth-order valence-corrected chi connectivity index (χ4v) is 1.84. The van der Waals surface area contributed by atoms with Gasteiger partial charge in [-0.15, -0.1) is 0 Å². The summed E-state index contributed by atoms with van der Waals surface area (Å²) < 4.78 is 1.94. The summed E-state index contributed by atoms with van der Waals surface area (Å²) in [6.07, 6.45) is 3.16. The number of hydrogen-bond donors (Lipinski definition) is 1. The maximum atomic E-state index is 8.68. The molecule has 0 bridgehead atoms. The van der Waals surface area contributed by atoms with Crippen molar-refractivity contribution in [3.8, 4) is 0 Å². The highest BCUT2D eigenvalue weighted by Gasteiger charge is 2.05. The number of unbranched alkanes of at least 4 members (excludes halogenated alkanes) is 2. The van der Waals surface area contributed by atoms with Crippen molar-refractivity contribution < 1.29 is 5.11 Å². The largest absolute Gasteiger partial charge is 0.396 e. The van der Waals surface area contributed by atoms with Gasteiger partial charge in [0.25, 0.3) is 0 Å². The molecule has 4 nitrogen and oxygen atoms in total. The van der Waals surface area contributed by atoms with Crippen molar-refractivity contribution in [1.82, 2.24) is 14.7 Å². The van der Waals surface area contributed by atoms with Crippen LogP contribution in [-0.2, 0) is 13.6 Å². The van der Waals surface area contributed by atoms with E-state index in [0.717, 1.165) is 38.0 Å². The molecule has 1 heterocycles. The summed E-state index contributed by atoms with van der Waals surface area (Å²) in [6, 6.07) is 2.13. The summed E-state index contributed by atoms with van der Waals surface area (Å²) in [4.78, 5) is 2.30. The smallest absolute Gasteiger partial charge is 0.0597 e. The number of aromatic nitrogens is 2. The summed E-state index contributed by atoms with van der Waals surface area (Å²) in [5.41, 5.74) is 2.33. The zero-order valence-electron chi connectivity index (χ0n) is 10.6. The van der Waals surface area contributed by atoms with Crippen molar-refractivity contribution in [3.05, 3.63) is 17.5 Å². The number of aryl methyl sites for hydroxylation is 2. The van der Waals surface area contributed by atoms with Gasteiger partial charge in [-0.25, -0.2) is 0 Å². The average Bonchev–Trinajstić information content (AvgIpc) is 2.52. The van der Waals surface area contributed by atoms with E-state index in [1.54, 1.807) is 0 Å². The van der Waals surface area contributed by atoms with Crippen LogP contribution in [0.5, 0.6) is 0 Å². The van der Waals surface area contributed by atoms with Crippen LogP contribution in [0.25, 0.3) is 0 Å². The van der Waals surface area contributed by atoms with Crippen LogP contribution in [0.15, 0.2) is 6.07 Å². The van der Waals surface area contributed by atoms with Crippen LogP contribution < -0.4 is 0 Å². The zero-order chi connectivity index (χ0) is 12.0. The molecule has 0 saturated carbocycles. The highest BCUT2D eigenvalue weighted by atomic mass is 16.2. The minimum absolute atomic E-state index is 0.310. The number of rotatable bonds is 7. The molecule has 0 aromatic carbocycles. The zero-order valence-corrected chi connectivity index (χ0v) is 10.6. The molecule has 0 saturated heterocycles. The van der Waals surface area contributed by atoms with Crippen LogP contribution in [0.3, 0.4) is 0 Å². The predicted molar refractivity (Wildman–Crippen MR) is 65.2 cm³/mol. The molecule has 0 atom stereocenters. The van der Waals surface area contributed by atoms with Gasteiger partial charge in [-0.1, -0.05) is 0 Å². The number of hydrogen-bond acceptors (Lipinski definition) is 3. The van der Waals surface area contributed by atoms with E-state index in [-0.39, 0.29) is 0 Å². The molecule has 0 amide bonds. The van der Waals surface area contributed by atoms with Crippen molar-refractivity contribution in [1.29, 1.82) is 0 Å². The van der Waals surface area contributed by atoms with E-state index in [0.29, 0.717) is 6.61 Å². The van der Waals surface area contributed by atoms with Crippen molar-refractivity contribution >= 4 is 0 Å². The van der Waals surface area contributed by atoms with Gasteiger partial charge in [0.2, 0.25) is 0 Å². The minimum Gasteiger partial charge on any atom is -0.396 e. The van der Waals surface area contributed by atoms with E-state index in [1.165, 1.54) is 5.69 Å². The Hall–Kier alpha value is -0.870. The molecular formula is C12H23N3O. The van der Waals surface area contributed by atoms with Crippen LogP contribution in [0, 0.1) is 6.92 Å². The third-order valence-electron chi connectivity index (χ3n) is 2.73. The summed E-state index contributed by atoms with van der Waals surface area (Å²) in [7, 11) is 4.11. The van der Waals surface area contributed by atoms with E-state index in [9.17, 15) is 0 Å². The quantitative estimate of drug-likeness (QED) is 0.712. The lowest BCUT2D eigenvalue weighted by atomic mass is 10.2. The summed E-state index contributed by atoms with van der Waals surface area (Å²) >= 11 is 0. The van der Waals surface area contributed by atoms with Gasteiger partial charge in [0.1, 0.15) is 0 Å². The fraction of sp³-hybridized carbons (Fsp3) is 0.750. The van der Waals surface area contributed by atoms with Crippen LogP contribution >= 0.6 is 0 Å². The summed E-state index contributed by atoms with van der Waals surface area (Å²) in [6.45, 7) is 4.34. The molecule has 0 aliphatic rings. The van der Waals surface area contributed by atoms with Crippen molar-refractivity contribution in [2.24, 2.45) is 7.05 Å². The van der Waals surface area contributed by atoms with Gasteiger partial charge >= 0.3 is 0 Å². The van der Waals surface area contributed by atoms with E-state index >= 15 is 0 Å². The van der Waals surface area contributed by atoms with E-state index in [2.05, 4.69) is 23.1 Å². The predicted octanol–water partition coefficient (Wildman–Crippen LogP) is 1.32. The number of aliphatic hydroxyl groups is 1. The summed E-state index contributed by atoms with van der Waals surface area (Å²) in [5.74, 6) is 0. The van der Waals surface area contributed by atoms with Gasteiger partial charge in [0, 0.05) is 20.2 Å². The molecular weight excluding hydrogens is 202 g/mol. The second kappa shape index (κ2) is 6.66. The van der Waals surface area contributed by atoms with Crippen LogP contribution in [0.1, 0.15) is 30.7 Å².